The first-order chi connectivity index (χ1) is 9.24. The minimum absolute atomic E-state index is 0.808. The maximum atomic E-state index is 8.96. The van der Waals surface area contributed by atoms with Crippen LogP contribution in [0.1, 0.15) is 11.1 Å². The lowest BCUT2D eigenvalue weighted by molar-refractivity contribution is 0.415. The molecular weight excluding hydrogens is 349 g/mol. The summed E-state index contributed by atoms with van der Waals surface area (Å²) >= 11 is 2.26. The predicted octanol–water partition coefficient (Wildman–Crippen LogP) is 4.26. The molecule has 0 saturated carbocycles. The van der Waals surface area contributed by atoms with Crippen LogP contribution in [0.5, 0.6) is 5.75 Å². The van der Waals surface area contributed by atoms with Gasteiger partial charge in [-0.3, -0.25) is 0 Å². The second-order valence-corrected chi connectivity index (χ2v) is 5.17. The standard InChI is InChI=1S/C16H12INO/c1-19-15-8-4-13(5-9-15)16(10-11-18)12-2-6-14(17)7-3-12/h2-10H,1H3/b16-10-. The zero-order valence-electron chi connectivity index (χ0n) is 10.4. The topological polar surface area (TPSA) is 33.0 Å². The number of hydrogen-bond acceptors (Lipinski definition) is 2. The smallest absolute Gasteiger partial charge is 0.118 e. The van der Waals surface area contributed by atoms with Crippen LogP contribution in [0, 0.1) is 14.9 Å². The summed E-state index contributed by atoms with van der Waals surface area (Å²) in [6, 6.07) is 17.9. The average molecular weight is 361 g/mol. The molecule has 94 valence electrons. The van der Waals surface area contributed by atoms with Crippen LogP contribution in [0.2, 0.25) is 0 Å². The van der Waals surface area contributed by atoms with Gasteiger partial charge in [0, 0.05) is 9.65 Å². The molecule has 2 nitrogen and oxygen atoms in total. The molecule has 0 unspecified atom stereocenters. The molecule has 0 spiro atoms. The van der Waals surface area contributed by atoms with Gasteiger partial charge in [-0.05, 0) is 63.6 Å². The largest absolute Gasteiger partial charge is 0.497 e. The second-order valence-electron chi connectivity index (χ2n) is 3.92. The fraction of sp³-hybridized carbons (Fsp3) is 0.0625. The van der Waals surface area contributed by atoms with Crippen LogP contribution < -0.4 is 4.74 Å². The number of benzene rings is 2. The van der Waals surface area contributed by atoms with E-state index in [1.807, 2.05) is 48.5 Å². The highest BCUT2D eigenvalue weighted by atomic mass is 127. The van der Waals surface area contributed by atoms with Gasteiger partial charge in [0.1, 0.15) is 5.75 Å². The normalized spacial score (nSPS) is 10.9. The molecule has 2 aromatic carbocycles. The average Bonchev–Trinajstić information content (AvgIpc) is 2.46. The first-order valence-corrected chi connectivity index (χ1v) is 6.82. The fourth-order valence-electron chi connectivity index (χ4n) is 1.80. The van der Waals surface area contributed by atoms with Crippen molar-refractivity contribution >= 4 is 28.2 Å². The van der Waals surface area contributed by atoms with Gasteiger partial charge >= 0.3 is 0 Å². The van der Waals surface area contributed by atoms with Crippen molar-refractivity contribution in [2.24, 2.45) is 0 Å². The second kappa shape index (κ2) is 6.39. The summed E-state index contributed by atoms with van der Waals surface area (Å²) in [4.78, 5) is 0. The molecule has 0 aliphatic heterocycles. The van der Waals surface area contributed by atoms with Gasteiger partial charge in [-0.1, -0.05) is 24.3 Å². The van der Waals surface area contributed by atoms with Crippen molar-refractivity contribution < 1.29 is 4.74 Å². The Morgan fingerprint density at radius 3 is 2.05 bits per heavy atom. The number of nitriles is 1. The molecule has 0 aliphatic carbocycles. The Morgan fingerprint density at radius 1 is 1.05 bits per heavy atom. The lowest BCUT2D eigenvalue weighted by Crippen LogP contribution is -1.89. The Balaban J connectivity index is 2.43. The van der Waals surface area contributed by atoms with Crippen LogP contribution in [-0.2, 0) is 0 Å². The monoisotopic (exact) mass is 361 g/mol. The predicted molar refractivity (Wildman–Crippen MR) is 84.8 cm³/mol. The van der Waals surface area contributed by atoms with Crippen molar-refractivity contribution in [3.8, 4) is 11.8 Å². The highest BCUT2D eigenvalue weighted by Gasteiger charge is 2.05. The molecule has 0 fully saturated rings. The fourth-order valence-corrected chi connectivity index (χ4v) is 2.16. The van der Waals surface area contributed by atoms with E-state index in [0.717, 1.165) is 22.4 Å². The molecule has 3 heteroatoms. The summed E-state index contributed by atoms with van der Waals surface area (Å²) in [5.41, 5.74) is 2.96. The molecular formula is C16H12INO. The Hall–Kier alpha value is -1.80. The third-order valence-corrected chi connectivity index (χ3v) is 3.48. The number of ether oxygens (including phenoxy) is 1. The van der Waals surface area contributed by atoms with Crippen molar-refractivity contribution in [2.75, 3.05) is 7.11 Å². The van der Waals surface area contributed by atoms with Gasteiger partial charge in [0.15, 0.2) is 0 Å². The lowest BCUT2D eigenvalue weighted by atomic mass is 9.98. The minimum Gasteiger partial charge on any atom is -0.497 e. The number of allylic oxidation sites excluding steroid dienone is 1. The molecule has 0 heterocycles. The first kappa shape index (κ1) is 13.6. The molecule has 19 heavy (non-hydrogen) atoms. The summed E-state index contributed by atoms with van der Waals surface area (Å²) < 4.78 is 6.32. The van der Waals surface area contributed by atoms with Crippen LogP contribution >= 0.6 is 22.6 Å². The Morgan fingerprint density at radius 2 is 1.58 bits per heavy atom. The minimum atomic E-state index is 0.808. The van der Waals surface area contributed by atoms with Gasteiger partial charge in [0.05, 0.1) is 13.2 Å². The van der Waals surface area contributed by atoms with E-state index in [9.17, 15) is 0 Å². The summed E-state index contributed by atoms with van der Waals surface area (Å²) in [7, 11) is 1.64. The Bertz CT molecular complexity index is 621. The van der Waals surface area contributed by atoms with Gasteiger partial charge < -0.3 is 4.74 Å². The van der Waals surface area contributed by atoms with Crippen LogP contribution in [-0.4, -0.2) is 7.11 Å². The molecule has 0 bridgehead atoms. The molecule has 0 aliphatic rings. The van der Waals surface area contributed by atoms with E-state index in [1.165, 1.54) is 3.57 Å². The maximum absolute atomic E-state index is 8.96. The summed E-state index contributed by atoms with van der Waals surface area (Å²) in [6.45, 7) is 0. The lowest BCUT2D eigenvalue weighted by Gasteiger charge is -2.08. The van der Waals surface area contributed by atoms with Gasteiger partial charge in [0.2, 0.25) is 0 Å². The van der Waals surface area contributed by atoms with Crippen molar-refractivity contribution in [3.05, 3.63) is 69.3 Å². The summed E-state index contributed by atoms with van der Waals surface area (Å²) in [5, 5.41) is 8.96. The van der Waals surface area contributed by atoms with Crippen molar-refractivity contribution in [1.82, 2.24) is 0 Å². The first-order valence-electron chi connectivity index (χ1n) is 5.75. The molecule has 0 atom stereocenters. The third kappa shape index (κ3) is 3.36. The van der Waals surface area contributed by atoms with Gasteiger partial charge in [-0.2, -0.15) is 5.26 Å². The number of halogens is 1. The van der Waals surface area contributed by atoms with Crippen molar-refractivity contribution in [2.45, 2.75) is 0 Å². The quantitative estimate of drug-likeness (QED) is 0.605. The van der Waals surface area contributed by atoms with Gasteiger partial charge in [-0.25, -0.2) is 0 Å². The number of nitrogens with zero attached hydrogens (tertiary/aromatic N) is 1. The van der Waals surface area contributed by atoms with Crippen LogP contribution in [0.25, 0.3) is 5.57 Å². The number of methoxy groups -OCH3 is 1. The van der Waals surface area contributed by atoms with E-state index >= 15 is 0 Å². The van der Waals surface area contributed by atoms with Gasteiger partial charge in [-0.15, -0.1) is 0 Å². The molecule has 0 aromatic heterocycles. The maximum Gasteiger partial charge on any atom is 0.118 e. The van der Waals surface area contributed by atoms with Crippen LogP contribution in [0.3, 0.4) is 0 Å². The van der Waals surface area contributed by atoms with Crippen molar-refractivity contribution in [1.29, 1.82) is 5.26 Å². The van der Waals surface area contributed by atoms with E-state index < -0.39 is 0 Å². The highest BCUT2D eigenvalue weighted by molar-refractivity contribution is 14.1. The molecule has 0 N–H and O–H groups in total. The SMILES string of the molecule is COc1ccc(/C(=C\C#N)c2ccc(I)cc2)cc1. The zero-order valence-corrected chi connectivity index (χ0v) is 12.6. The third-order valence-electron chi connectivity index (χ3n) is 2.77. The highest BCUT2D eigenvalue weighted by Crippen LogP contribution is 2.25. The zero-order chi connectivity index (χ0) is 13.7. The van der Waals surface area contributed by atoms with Gasteiger partial charge in [0.25, 0.3) is 0 Å². The van der Waals surface area contributed by atoms with E-state index in [2.05, 4.69) is 28.7 Å². The van der Waals surface area contributed by atoms with E-state index in [-0.39, 0.29) is 0 Å². The van der Waals surface area contributed by atoms with E-state index in [0.29, 0.717) is 0 Å². The summed E-state index contributed by atoms with van der Waals surface area (Å²) in [5.74, 6) is 0.808. The molecule has 0 radical (unpaired) electrons. The Kier molecular flexibility index (Phi) is 4.58. The molecule has 2 rings (SSSR count). The Labute approximate surface area is 126 Å². The van der Waals surface area contributed by atoms with Crippen molar-refractivity contribution in [3.63, 3.8) is 0 Å². The van der Waals surface area contributed by atoms with E-state index in [4.69, 9.17) is 10.00 Å². The van der Waals surface area contributed by atoms with Crippen LogP contribution in [0.4, 0.5) is 0 Å². The molecule has 0 saturated heterocycles. The summed E-state index contributed by atoms with van der Waals surface area (Å²) in [6.07, 6.45) is 1.57. The molecule has 0 amide bonds. The molecule has 2 aromatic rings. The number of hydrogen-bond donors (Lipinski definition) is 0. The number of rotatable bonds is 3. The van der Waals surface area contributed by atoms with Crippen LogP contribution in [0.15, 0.2) is 54.6 Å². The van der Waals surface area contributed by atoms with E-state index in [1.54, 1.807) is 13.2 Å².